The van der Waals surface area contributed by atoms with Crippen molar-refractivity contribution in [2.45, 2.75) is 51.1 Å². The molecule has 2 rings (SSSR count). The van der Waals surface area contributed by atoms with Gasteiger partial charge in [0.15, 0.2) is 11.6 Å². The summed E-state index contributed by atoms with van der Waals surface area (Å²) < 4.78 is 31.6. The van der Waals surface area contributed by atoms with Gasteiger partial charge in [0, 0.05) is 16.4 Å². The summed E-state index contributed by atoms with van der Waals surface area (Å²) in [6.07, 6.45) is -0.388. The fraction of sp³-hybridized carbons (Fsp3) is 0.562. The second kappa shape index (κ2) is 6.54. The van der Waals surface area contributed by atoms with Crippen LogP contribution in [0.5, 0.6) is 5.75 Å². The van der Waals surface area contributed by atoms with E-state index in [1.165, 1.54) is 19.2 Å². The predicted octanol–water partition coefficient (Wildman–Crippen LogP) is 3.68. The van der Waals surface area contributed by atoms with Gasteiger partial charge in [-0.1, -0.05) is 11.6 Å². The summed E-state index contributed by atoms with van der Waals surface area (Å²) in [6, 6.07) is 2.86. The van der Waals surface area contributed by atoms with Gasteiger partial charge < -0.3 is 19.2 Å². The van der Waals surface area contributed by atoms with Crippen LogP contribution in [0.15, 0.2) is 12.1 Å². The predicted molar refractivity (Wildman–Crippen MR) is 89.0 cm³/mol. The van der Waals surface area contributed by atoms with Crippen molar-refractivity contribution in [2.24, 2.45) is 0 Å². The number of ether oxygens (including phenoxy) is 1. The second-order valence-electron chi connectivity index (χ2n) is 6.81. The van der Waals surface area contributed by atoms with E-state index in [0.717, 1.165) is 0 Å². The molecule has 1 aliphatic rings. The number of hydrogen-bond acceptors (Lipinski definition) is 4. The molecule has 1 heterocycles. The average Bonchev–Trinajstić information content (AvgIpc) is 2.66. The van der Waals surface area contributed by atoms with E-state index in [-0.39, 0.29) is 22.8 Å². The van der Waals surface area contributed by atoms with Crippen molar-refractivity contribution in [1.29, 1.82) is 0 Å². The molecule has 0 amide bonds. The maximum absolute atomic E-state index is 14.8. The lowest BCUT2D eigenvalue weighted by Crippen LogP contribution is -2.41. The molecule has 0 saturated carbocycles. The normalized spacial score (nSPS) is 20.0. The molecule has 1 N–H and O–H groups in total. The highest BCUT2D eigenvalue weighted by atomic mass is 35.5. The fourth-order valence-corrected chi connectivity index (χ4v) is 2.91. The third kappa shape index (κ3) is 3.39. The summed E-state index contributed by atoms with van der Waals surface area (Å²) in [4.78, 5) is 11.3. The van der Waals surface area contributed by atoms with Crippen LogP contribution >= 0.6 is 11.6 Å². The summed E-state index contributed by atoms with van der Waals surface area (Å²) in [7, 11) is 0.391. The highest BCUT2D eigenvalue weighted by molar-refractivity contribution is 6.48. The van der Waals surface area contributed by atoms with Crippen molar-refractivity contribution in [1.82, 2.24) is 0 Å². The summed E-state index contributed by atoms with van der Waals surface area (Å²) in [5.74, 6) is -2.73. The number of hydrogen-bond donors (Lipinski definition) is 1. The highest BCUT2D eigenvalue weighted by Crippen LogP contribution is 2.44. The van der Waals surface area contributed by atoms with Gasteiger partial charge in [-0.2, -0.15) is 0 Å². The molecule has 1 fully saturated rings. The van der Waals surface area contributed by atoms with Crippen molar-refractivity contribution < 1.29 is 28.3 Å². The molecular weight excluding hydrogens is 337 g/mol. The maximum atomic E-state index is 14.8. The Kier molecular flexibility index (Phi) is 5.18. The average molecular weight is 359 g/mol. The number of carboxylic acids is 1. The smallest absolute Gasteiger partial charge is 0.466 e. The Labute approximate surface area is 146 Å². The van der Waals surface area contributed by atoms with Crippen molar-refractivity contribution in [2.75, 3.05) is 7.11 Å². The lowest BCUT2D eigenvalue weighted by Gasteiger charge is -2.32. The minimum atomic E-state index is -1.10. The molecule has 0 aromatic heterocycles. The van der Waals surface area contributed by atoms with Crippen LogP contribution in [0.25, 0.3) is 0 Å². The summed E-state index contributed by atoms with van der Waals surface area (Å²) >= 11 is 6.16. The van der Waals surface area contributed by atoms with E-state index in [9.17, 15) is 14.3 Å². The molecule has 0 bridgehead atoms. The van der Waals surface area contributed by atoms with Crippen LogP contribution in [0.1, 0.15) is 45.5 Å². The number of benzene rings is 1. The molecule has 0 radical (unpaired) electrons. The van der Waals surface area contributed by atoms with Gasteiger partial charge in [-0.25, -0.2) is 4.39 Å². The number of rotatable bonds is 5. The van der Waals surface area contributed by atoms with Crippen molar-refractivity contribution >= 4 is 24.7 Å². The molecule has 1 aromatic rings. The van der Waals surface area contributed by atoms with Gasteiger partial charge in [0.1, 0.15) is 0 Å². The maximum Gasteiger partial charge on any atom is 0.466 e. The van der Waals surface area contributed by atoms with Crippen molar-refractivity contribution in [3.63, 3.8) is 0 Å². The number of methoxy groups -OCH3 is 1. The minimum Gasteiger partial charge on any atom is -0.494 e. The van der Waals surface area contributed by atoms with Gasteiger partial charge in [0.05, 0.1) is 24.7 Å². The Morgan fingerprint density at radius 1 is 1.33 bits per heavy atom. The molecule has 0 spiro atoms. The molecule has 132 valence electrons. The van der Waals surface area contributed by atoms with Gasteiger partial charge in [-0.3, -0.25) is 4.79 Å². The summed E-state index contributed by atoms with van der Waals surface area (Å²) in [5.41, 5.74) is -1.32. The summed E-state index contributed by atoms with van der Waals surface area (Å²) in [5, 5.41) is 9.37. The monoisotopic (exact) mass is 358 g/mol. The molecule has 1 atom stereocenters. The standard InChI is InChI=1S/C16H21BClFO5/c1-15(2)16(3,4)24-17(23-15)9(8-12(20)21)13-10(18)6-7-11(22-5)14(13)19/h6-7,9H,8H2,1-5H3,(H,20,21). The van der Waals surface area contributed by atoms with E-state index in [0.29, 0.717) is 0 Å². The van der Waals surface area contributed by atoms with E-state index in [2.05, 4.69) is 0 Å². The Morgan fingerprint density at radius 2 is 1.88 bits per heavy atom. The zero-order chi connectivity index (χ0) is 18.3. The van der Waals surface area contributed by atoms with Crippen LogP contribution in [-0.2, 0) is 14.1 Å². The zero-order valence-electron chi connectivity index (χ0n) is 14.4. The van der Waals surface area contributed by atoms with E-state index >= 15 is 0 Å². The Hall–Kier alpha value is -1.31. The molecule has 1 aromatic carbocycles. The van der Waals surface area contributed by atoms with Gasteiger partial charge in [0.2, 0.25) is 0 Å². The Bertz CT molecular complexity index is 634. The van der Waals surface area contributed by atoms with E-state index in [1.54, 1.807) is 0 Å². The summed E-state index contributed by atoms with van der Waals surface area (Å²) in [6.45, 7) is 7.37. The van der Waals surface area contributed by atoms with Crippen molar-refractivity contribution in [3.05, 3.63) is 28.5 Å². The first kappa shape index (κ1) is 19.0. The van der Waals surface area contributed by atoms with E-state index < -0.39 is 35.9 Å². The van der Waals surface area contributed by atoms with Crippen LogP contribution in [-0.4, -0.2) is 36.5 Å². The first-order chi connectivity index (χ1) is 11.0. The second-order valence-corrected chi connectivity index (χ2v) is 7.21. The molecule has 1 aliphatic heterocycles. The molecular formula is C16H21BClFO5. The molecule has 8 heteroatoms. The lowest BCUT2D eigenvalue weighted by atomic mass is 9.66. The van der Waals surface area contributed by atoms with Gasteiger partial charge in [-0.15, -0.1) is 0 Å². The fourth-order valence-electron chi connectivity index (χ4n) is 2.62. The molecule has 0 aliphatic carbocycles. The van der Waals surface area contributed by atoms with Gasteiger partial charge in [-0.05, 0) is 39.8 Å². The largest absolute Gasteiger partial charge is 0.494 e. The third-order valence-electron chi connectivity index (χ3n) is 4.68. The quantitative estimate of drug-likeness (QED) is 0.813. The van der Waals surface area contributed by atoms with E-state index in [1.807, 2.05) is 27.7 Å². The number of carbonyl (C=O) groups is 1. The van der Waals surface area contributed by atoms with Crippen LogP contribution in [0.2, 0.25) is 5.02 Å². The molecule has 24 heavy (non-hydrogen) atoms. The van der Waals surface area contributed by atoms with Crippen LogP contribution in [0.4, 0.5) is 4.39 Å². The SMILES string of the molecule is COc1ccc(Cl)c(C(CC(=O)O)B2OC(C)(C)C(C)(C)O2)c1F. The third-order valence-corrected chi connectivity index (χ3v) is 5.01. The molecule has 5 nitrogen and oxygen atoms in total. The first-order valence-corrected chi connectivity index (χ1v) is 7.97. The zero-order valence-corrected chi connectivity index (χ0v) is 15.1. The molecule has 1 unspecified atom stereocenters. The van der Waals surface area contributed by atoms with Crippen LogP contribution in [0, 0.1) is 5.82 Å². The van der Waals surface area contributed by atoms with Crippen LogP contribution < -0.4 is 4.74 Å². The van der Waals surface area contributed by atoms with Gasteiger partial charge >= 0.3 is 13.1 Å². The first-order valence-electron chi connectivity index (χ1n) is 7.59. The lowest BCUT2D eigenvalue weighted by molar-refractivity contribution is -0.137. The minimum absolute atomic E-state index is 0.0127. The number of carboxylic acid groups (broad SMARTS) is 1. The number of halogens is 2. The Balaban J connectivity index is 2.50. The van der Waals surface area contributed by atoms with E-state index in [4.69, 9.17) is 25.6 Å². The number of aliphatic carboxylic acids is 1. The molecule has 1 saturated heterocycles. The topological polar surface area (TPSA) is 65.0 Å². The van der Waals surface area contributed by atoms with Crippen LogP contribution in [0.3, 0.4) is 0 Å². The highest BCUT2D eigenvalue weighted by Gasteiger charge is 2.55. The Morgan fingerprint density at radius 3 is 2.33 bits per heavy atom. The van der Waals surface area contributed by atoms with Gasteiger partial charge in [0.25, 0.3) is 0 Å². The van der Waals surface area contributed by atoms with Crippen molar-refractivity contribution in [3.8, 4) is 5.75 Å².